The average Bonchev–Trinajstić information content (AvgIpc) is 3.01. The van der Waals surface area contributed by atoms with Crippen LogP contribution in [0.1, 0.15) is 104 Å². The second-order valence-corrected chi connectivity index (χ2v) is 9.78. The van der Waals surface area contributed by atoms with Crippen molar-refractivity contribution in [3.05, 3.63) is 22.8 Å². The number of hydrogen-bond donors (Lipinski definition) is 0. The highest BCUT2D eigenvalue weighted by molar-refractivity contribution is 5.54. The van der Waals surface area contributed by atoms with Gasteiger partial charge in [-0.1, -0.05) is 45.6 Å². The van der Waals surface area contributed by atoms with E-state index in [1.165, 1.54) is 96.4 Å². The standard InChI is InChI=1S/C26H44N/c1-4-22-11-7-15-23(26-24-13-5-6-14-25(26)20-24)17-16-21(2)10-8-18-27(3)19-9-12-22/h19-23H,4-18H2,1-3H3/q+1. The molecular weight excluding hydrogens is 326 g/mol. The van der Waals surface area contributed by atoms with Crippen molar-refractivity contribution in [3.63, 3.8) is 0 Å². The lowest BCUT2D eigenvalue weighted by molar-refractivity contribution is -0.494. The molecule has 3 unspecified atom stereocenters. The zero-order valence-electron chi connectivity index (χ0n) is 18.4. The van der Waals surface area contributed by atoms with E-state index >= 15 is 0 Å². The fourth-order valence-corrected chi connectivity index (χ4v) is 5.64. The summed E-state index contributed by atoms with van der Waals surface area (Å²) < 4.78 is 2.46. The van der Waals surface area contributed by atoms with Gasteiger partial charge in [-0.25, -0.2) is 4.58 Å². The summed E-state index contributed by atoms with van der Waals surface area (Å²) in [5.41, 5.74) is 5.35. The minimum absolute atomic E-state index is 0.873. The molecule has 1 aliphatic heterocycles. The van der Waals surface area contributed by atoms with E-state index in [-0.39, 0.29) is 0 Å². The van der Waals surface area contributed by atoms with Crippen LogP contribution in [-0.4, -0.2) is 24.4 Å². The predicted molar refractivity (Wildman–Crippen MR) is 119 cm³/mol. The van der Waals surface area contributed by atoms with Gasteiger partial charge in [-0.3, -0.25) is 0 Å². The SMILES string of the molecule is CCC1CCC=[N+](C)CCCC(C)CCC(C2=C3C=C2CCCC3)CCC1. The smallest absolute Gasteiger partial charge is 0.142 e. The van der Waals surface area contributed by atoms with Gasteiger partial charge in [-0.15, -0.1) is 0 Å². The Hall–Kier alpha value is -0.850. The Morgan fingerprint density at radius 1 is 0.926 bits per heavy atom. The van der Waals surface area contributed by atoms with Gasteiger partial charge in [-0.2, -0.15) is 0 Å². The highest BCUT2D eigenvalue weighted by Gasteiger charge is 2.28. The number of hydrogen-bond acceptors (Lipinski definition) is 0. The van der Waals surface area contributed by atoms with E-state index in [4.69, 9.17) is 0 Å². The molecule has 0 amide bonds. The third-order valence-corrected chi connectivity index (χ3v) is 7.56. The summed E-state index contributed by atoms with van der Waals surface area (Å²) in [5, 5.41) is 0. The Balaban J connectivity index is 1.65. The fraction of sp³-hybridized carbons (Fsp3) is 0.808. The highest BCUT2D eigenvalue weighted by Crippen LogP contribution is 2.45. The largest absolute Gasteiger partial charge is 0.242 e. The number of fused-ring (bicyclic) bond motifs is 1. The van der Waals surface area contributed by atoms with Crippen molar-refractivity contribution in [1.82, 2.24) is 0 Å². The molecule has 0 radical (unpaired) electrons. The molecule has 3 atom stereocenters. The summed E-state index contributed by atoms with van der Waals surface area (Å²) in [6.07, 6.45) is 24.6. The van der Waals surface area contributed by atoms with Crippen LogP contribution in [0.25, 0.3) is 0 Å². The van der Waals surface area contributed by atoms with Crippen molar-refractivity contribution in [2.24, 2.45) is 17.8 Å². The van der Waals surface area contributed by atoms with E-state index in [1.54, 1.807) is 11.1 Å². The topological polar surface area (TPSA) is 3.01 Å². The first-order chi connectivity index (χ1) is 13.2. The van der Waals surface area contributed by atoms with Crippen LogP contribution >= 0.6 is 0 Å². The fourth-order valence-electron chi connectivity index (χ4n) is 5.64. The van der Waals surface area contributed by atoms with Crippen LogP contribution in [0.3, 0.4) is 0 Å². The molecule has 1 heterocycles. The van der Waals surface area contributed by atoms with Gasteiger partial charge in [0, 0.05) is 12.8 Å². The predicted octanol–water partition coefficient (Wildman–Crippen LogP) is 7.31. The van der Waals surface area contributed by atoms with Crippen LogP contribution in [0, 0.1) is 17.8 Å². The summed E-state index contributed by atoms with van der Waals surface area (Å²) in [7, 11) is 2.28. The Labute approximate surface area is 169 Å². The lowest BCUT2D eigenvalue weighted by Gasteiger charge is -2.31. The van der Waals surface area contributed by atoms with Crippen molar-refractivity contribution < 1.29 is 4.58 Å². The summed E-state index contributed by atoms with van der Waals surface area (Å²) in [6.45, 7) is 6.14. The first kappa shape index (κ1) is 20.9. The van der Waals surface area contributed by atoms with Crippen molar-refractivity contribution in [2.45, 2.75) is 104 Å². The van der Waals surface area contributed by atoms with Crippen LogP contribution in [-0.2, 0) is 0 Å². The molecule has 3 aliphatic rings. The summed E-state index contributed by atoms with van der Waals surface area (Å²) in [5.74, 6) is 2.69. The molecule has 152 valence electrons. The van der Waals surface area contributed by atoms with Crippen LogP contribution in [0.2, 0.25) is 0 Å². The molecule has 3 rings (SSSR count). The van der Waals surface area contributed by atoms with Gasteiger partial charge in [0.2, 0.25) is 0 Å². The van der Waals surface area contributed by atoms with E-state index in [9.17, 15) is 0 Å². The summed E-state index contributed by atoms with van der Waals surface area (Å²) >= 11 is 0. The molecule has 2 bridgehead atoms. The van der Waals surface area contributed by atoms with E-state index in [0.717, 1.165) is 17.8 Å². The Morgan fingerprint density at radius 2 is 1.78 bits per heavy atom. The molecule has 0 aromatic heterocycles. The molecule has 0 fully saturated rings. The van der Waals surface area contributed by atoms with Crippen molar-refractivity contribution in [1.29, 1.82) is 0 Å². The van der Waals surface area contributed by atoms with Gasteiger partial charge >= 0.3 is 0 Å². The Bertz CT molecular complexity index is 565. The molecule has 27 heavy (non-hydrogen) atoms. The van der Waals surface area contributed by atoms with Gasteiger partial charge in [-0.05, 0) is 85.8 Å². The number of rotatable bonds is 2. The molecule has 1 nitrogen and oxygen atoms in total. The maximum atomic E-state index is 2.56. The molecule has 0 aromatic carbocycles. The molecule has 0 N–H and O–H groups in total. The second kappa shape index (κ2) is 10.6. The van der Waals surface area contributed by atoms with E-state index < -0.39 is 0 Å². The first-order valence-corrected chi connectivity index (χ1v) is 12.1. The summed E-state index contributed by atoms with van der Waals surface area (Å²) in [6, 6.07) is 0. The molecule has 0 saturated heterocycles. The molecule has 0 saturated carbocycles. The third kappa shape index (κ3) is 6.06. The molecular formula is C26H44N+. The van der Waals surface area contributed by atoms with Crippen LogP contribution in [0.5, 0.6) is 0 Å². The van der Waals surface area contributed by atoms with Gasteiger partial charge in [0.25, 0.3) is 0 Å². The number of nitrogens with zero attached hydrogens (tertiary/aromatic N) is 1. The second-order valence-electron chi connectivity index (χ2n) is 9.78. The minimum atomic E-state index is 0.873. The monoisotopic (exact) mass is 370 g/mol. The maximum absolute atomic E-state index is 2.56. The lowest BCUT2D eigenvalue weighted by Crippen LogP contribution is -2.16. The normalized spacial score (nSPS) is 31.7. The molecule has 1 heteroatoms. The molecule has 0 spiro atoms. The van der Waals surface area contributed by atoms with Crippen LogP contribution < -0.4 is 0 Å². The zero-order valence-corrected chi connectivity index (χ0v) is 18.4. The van der Waals surface area contributed by atoms with E-state index in [1.807, 2.05) is 5.57 Å². The maximum Gasteiger partial charge on any atom is 0.142 e. The first-order valence-electron chi connectivity index (χ1n) is 12.1. The highest BCUT2D eigenvalue weighted by atomic mass is 14.9. The van der Waals surface area contributed by atoms with Gasteiger partial charge in [0.1, 0.15) is 19.8 Å². The van der Waals surface area contributed by atoms with Gasteiger partial charge < -0.3 is 0 Å². The summed E-state index contributed by atoms with van der Waals surface area (Å²) in [4.78, 5) is 0. The van der Waals surface area contributed by atoms with Crippen LogP contribution in [0.15, 0.2) is 22.8 Å². The van der Waals surface area contributed by atoms with Crippen molar-refractivity contribution in [2.75, 3.05) is 13.6 Å². The Morgan fingerprint density at radius 3 is 2.63 bits per heavy atom. The quantitative estimate of drug-likeness (QED) is 0.448. The zero-order chi connectivity index (χ0) is 19.1. The van der Waals surface area contributed by atoms with Crippen molar-refractivity contribution in [3.8, 4) is 0 Å². The van der Waals surface area contributed by atoms with E-state index in [0.29, 0.717) is 0 Å². The lowest BCUT2D eigenvalue weighted by atomic mass is 9.74. The third-order valence-electron chi connectivity index (χ3n) is 7.56. The van der Waals surface area contributed by atoms with Gasteiger partial charge in [0.05, 0.1) is 0 Å². The van der Waals surface area contributed by atoms with Crippen molar-refractivity contribution >= 4 is 6.21 Å². The number of allylic oxidation sites excluding steroid dienone is 4. The minimum Gasteiger partial charge on any atom is -0.242 e. The van der Waals surface area contributed by atoms with E-state index in [2.05, 4.69) is 37.8 Å². The van der Waals surface area contributed by atoms with Gasteiger partial charge in [0.15, 0.2) is 0 Å². The van der Waals surface area contributed by atoms with Crippen LogP contribution in [0.4, 0.5) is 0 Å². The molecule has 0 aromatic rings. The molecule has 2 aliphatic carbocycles. The average molecular weight is 371 g/mol. The Kier molecular flexibility index (Phi) is 8.22.